The van der Waals surface area contributed by atoms with Crippen LogP contribution in [-0.4, -0.2) is 0 Å². The minimum Gasteiger partial charge on any atom is -0.200 e. The van der Waals surface area contributed by atoms with Crippen LogP contribution in [-0.2, 0) is 7.05 Å². The van der Waals surface area contributed by atoms with Gasteiger partial charge in [0.25, 0.3) is 0 Å². The zero-order valence-corrected chi connectivity index (χ0v) is 13.8. The normalized spacial score (nSPS) is 16.7. The first-order chi connectivity index (χ1) is 12.6. The quantitative estimate of drug-likeness (QED) is 0.580. The summed E-state index contributed by atoms with van der Waals surface area (Å²) >= 11 is 0. The summed E-state index contributed by atoms with van der Waals surface area (Å²) in [6, 6.07) is 19.7. The van der Waals surface area contributed by atoms with Crippen molar-refractivity contribution in [3.8, 4) is 22.4 Å². The molecule has 23 heavy (non-hydrogen) atoms. The van der Waals surface area contributed by atoms with Gasteiger partial charge in [-0.15, -0.1) is 0 Å². The van der Waals surface area contributed by atoms with Crippen molar-refractivity contribution >= 4 is 0 Å². The third-order valence-corrected chi connectivity index (χ3v) is 4.21. The average molecular weight is 306 g/mol. The van der Waals surface area contributed by atoms with Gasteiger partial charge in [0.2, 0.25) is 5.69 Å². The van der Waals surface area contributed by atoms with Crippen molar-refractivity contribution < 1.29 is 10.1 Å². The van der Waals surface area contributed by atoms with E-state index in [2.05, 4.69) is 42.0 Å². The van der Waals surface area contributed by atoms with Gasteiger partial charge in [-0.05, 0) is 41.6 Å². The second kappa shape index (κ2) is 6.37. The summed E-state index contributed by atoms with van der Waals surface area (Å²) in [4.78, 5) is 0. The fraction of sp³-hybridized carbons (Fsp3) is 0.227. The molecule has 0 aliphatic heterocycles. The van der Waals surface area contributed by atoms with E-state index in [9.17, 15) is 0 Å². The van der Waals surface area contributed by atoms with Gasteiger partial charge in [-0.25, -0.2) is 4.57 Å². The first-order valence-corrected chi connectivity index (χ1v) is 7.78. The topological polar surface area (TPSA) is 3.88 Å². The Hall–Kier alpha value is -2.41. The summed E-state index contributed by atoms with van der Waals surface area (Å²) in [6.07, 6.45) is 2.07. The summed E-state index contributed by atoms with van der Waals surface area (Å²) in [7, 11) is 2.02. The van der Waals surface area contributed by atoms with Gasteiger partial charge in [-0.1, -0.05) is 56.2 Å². The van der Waals surface area contributed by atoms with E-state index in [0.717, 1.165) is 16.8 Å². The summed E-state index contributed by atoms with van der Waals surface area (Å²) in [5.41, 5.74) is 6.09. The number of pyridine rings is 1. The van der Waals surface area contributed by atoms with Gasteiger partial charge in [0, 0.05) is 22.7 Å². The predicted octanol–water partition coefficient (Wildman–Crippen LogP) is 5.28. The smallest absolute Gasteiger partial charge is 0.200 e. The average Bonchev–Trinajstić information content (AvgIpc) is 2.61. The highest BCUT2D eigenvalue weighted by molar-refractivity contribution is 5.66. The van der Waals surface area contributed by atoms with Crippen molar-refractivity contribution in [2.24, 2.45) is 7.05 Å². The highest BCUT2D eigenvalue weighted by Gasteiger charge is 2.13. The van der Waals surface area contributed by atoms with E-state index in [4.69, 9.17) is 5.48 Å². The lowest BCUT2D eigenvalue weighted by Crippen LogP contribution is -2.30. The molecular weight excluding hydrogens is 278 g/mol. The molecule has 2 aromatic carbocycles. The standard InChI is InChI=1S/C22H24N/c1-16(2)18-9-11-19(12-10-18)20-13-14-22(23(4)15-20)21-8-6-5-7-17(21)3/h5-16H,1-4H3/q+1/i1D3,16D. The third kappa shape index (κ3) is 3.19. The Morgan fingerprint density at radius 3 is 2.30 bits per heavy atom. The Morgan fingerprint density at radius 1 is 0.957 bits per heavy atom. The van der Waals surface area contributed by atoms with Crippen molar-refractivity contribution in [3.63, 3.8) is 0 Å². The summed E-state index contributed by atoms with van der Waals surface area (Å²) in [6.45, 7) is 1.17. The Bertz CT molecular complexity index is 957. The lowest BCUT2D eigenvalue weighted by atomic mass is 9.98. The molecular formula is C22H24N+. The Balaban J connectivity index is 1.94. The predicted molar refractivity (Wildman–Crippen MR) is 97.3 cm³/mol. The molecule has 3 rings (SSSR count). The summed E-state index contributed by atoms with van der Waals surface area (Å²) in [5, 5.41) is 0. The number of aromatic nitrogens is 1. The molecule has 116 valence electrons. The molecule has 1 heteroatoms. The first kappa shape index (κ1) is 11.2. The largest absolute Gasteiger partial charge is 0.212 e. The van der Waals surface area contributed by atoms with Crippen LogP contribution >= 0.6 is 0 Å². The van der Waals surface area contributed by atoms with Crippen LogP contribution in [0.3, 0.4) is 0 Å². The van der Waals surface area contributed by atoms with E-state index in [0.29, 0.717) is 5.56 Å². The molecule has 0 radical (unpaired) electrons. The van der Waals surface area contributed by atoms with Gasteiger partial charge in [0.15, 0.2) is 6.20 Å². The van der Waals surface area contributed by atoms with Crippen LogP contribution < -0.4 is 4.57 Å². The van der Waals surface area contributed by atoms with Crippen molar-refractivity contribution in [2.45, 2.75) is 26.6 Å². The Labute approximate surface area is 144 Å². The fourth-order valence-electron chi connectivity index (χ4n) is 2.83. The minimum absolute atomic E-state index is 0.493. The lowest BCUT2D eigenvalue weighted by Gasteiger charge is -2.08. The van der Waals surface area contributed by atoms with E-state index in [1.54, 1.807) is 12.1 Å². The van der Waals surface area contributed by atoms with Crippen LogP contribution in [0.25, 0.3) is 22.4 Å². The maximum atomic E-state index is 8.20. The number of benzene rings is 2. The Kier molecular flexibility index (Phi) is 3.10. The molecule has 1 atom stereocenters. The Morgan fingerprint density at radius 2 is 1.65 bits per heavy atom. The van der Waals surface area contributed by atoms with Gasteiger partial charge in [0.05, 0.1) is 0 Å². The van der Waals surface area contributed by atoms with Crippen molar-refractivity contribution in [2.75, 3.05) is 0 Å². The number of rotatable bonds is 3. The molecule has 0 saturated carbocycles. The van der Waals surface area contributed by atoms with E-state index < -0.39 is 12.7 Å². The van der Waals surface area contributed by atoms with E-state index in [1.165, 1.54) is 18.1 Å². The minimum atomic E-state index is -2.36. The third-order valence-electron chi connectivity index (χ3n) is 4.21. The summed E-state index contributed by atoms with van der Waals surface area (Å²) in [5.74, 6) is -1.62. The molecule has 1 nitrogen and oxygen atoms in total. The van der Waals surface area contributed by atoms with Crippen molar-refractivity contribution in [1.82, 2.24) is 0 Å². The van der Waals surface area contributed by atoms with Crippen LogP contribution in [0.15, 0.2) is 66.9 Å². The molecule has 0 aliphatic rings. The van der Waals surface area contributed by atoms with Crippen molar-refractivity contribution in [1.29, 1.82) is 0 Å². The molecule has 0 aliphatic carbocycles. The van der Waals surface area contributed by atoms with Gasteiger partial charge in [0.1, 0.15) is 7.05 Å². The summed E-state index contributed by atoms with van der Waals surface area (Å²) < 4.78 is 33.1. The zero-order chi connectivity index (χ0) is 19.8. The highest BCUT2D eigenvalue weighted by atomic mass is 14.9. The van der Waals surface area contributed by atoms with Crippen LogP contribution in [0.5, 0.6) is 0 Å². The van der Waals surface area contributed by atoms with E-state index in [-0.39, 0.29) is 0 Å². The SMILES string of the molecule is [2H]C([2H])([2H])C([2H])(C)c1ccc(-c2ccc(-c3ccccc3C)[n+](C)c2)cc1. The maximum Gasteiger partial charge on any atom is 0.212 e. The molecule has 1 unspecified atom stereocenters. The maximum absolute atomic E-state index is 8.20. The van der Waals surface area contributed by atoms with Gasteiger partial charge in [-0.3, -0.25) is 0 Å². The highest BCUT2D eigenvalue weighted by Crippen LogP contribution is 2.25. The molecule has 0 bridgehead atoms. The molecule has 0 amide bonds. The van der Waals surface area contributed by atoms with Gasteiger partial charge >= 0.3 is 0 Å². The van der Waals surface area contributed by atoms with Crippen LogP contribution in [0.2, 0.25) is 0 Å². The molecule has 3 aromatic rings. The first-order valence-electron chi connectivity index (χ1n) is 9.78. The van der Waals surface area contributed by atoms with Crippen molar-refractivity contribution in [3.05, 3.63) is 78.0 Å². The monoisotopic (exact) mass is 306 g/mol. The lowest BCUT2D eigenvalue weighted by molar-refractivity contribution is -0.659. The van der Waals surface area contributed by atoms with Gasteiger partial charge < -0.3 is 0 Å². The second-order valence-electron chi connectivity index (χ2n) is 5.93. The number of hydrogen-bond donors (Lipinski definition) is 0. The van der Waals surface area contributed by atoms with Crippen LogP contribution in [0, 0.1) is 6.92 Å². The molecule has 0 spiro atoms. The van der Waals surface area contributed by atoms with E-state index >= 15 is 0 Å². The number of hydrogen-bond acceptors (Lipinski definition) is 0. The molecule has 0 fully saturated rings. The van der Waals surface area contributed by atoms with Crippen LogP contribution in [0.4, 0.5) is 0 Å². The zero-order valence-electron chi connectivity index (χ0n) is 17.8. The number of aryl methyl sites for hydroxylation is 2. The molecule has 1 aromatic heterocycles. The number of nitrogens with zero attached hydrogens (tertiary/aromatic N) is 1. The van der Waals surface area contributed by atoms with Gasteiger partial charge in [-0.2, -0.15) is 0 Å². The van der Waals surface area contributed by atoms with Crippen LogP contribution in [0.1, 0.15) is 36.3 Å². The molecule has 0 N–H and O–H groups in total. The second-order valence-corrected chi connectivity index (χ2v) is 5.93. The molecule has 1 heterocycles. The molecule has 0 saturated heterocycles. The van der Waals surface area contributed by atoms with E-state index in [1.807, 2.05) is 31.3 Å². The fourth-order valence-corrected chi connectivity index (χ4v) is 2.83.